The number of ether oxygens (including phenoxy) is 1. The quantitative estimate of drug-likeness (QED) is 0.761. The summed E-state index contributed by atoms with van der Waals surface area (Å²) in [4.78, 5) is 12.3. The summed E-state index contributed by atoms with van der Waals surface area (Å²) in [6.07, 6.45) is 2.13. The molecule has 0 aromatic heterocycles. The lowest BCUT2D eigenvalue weighted by atomic mass is 9.80. The number of hydrogen-bond acceptors (Lipinski definition) is 2. The summed E-state index contributed by atoms with van der Waals surface area (Å²) in [5.41, 5.74) is 0. The molecule has 0 unspecified atom stereocenters. The summed E-state index contributed by atoms with van der Waals surface area (Å²) in [6.45, 7) is 2.77. The summed E-state index contributed by atoms with van der Waals surface area (Å²) in [5, 5.41) is 0. The van der Waals surface area contributed by atoms with Crippen molar-refractivity contribution in [2.45, 2.75) is 18.9 Å². The molecular weight excluding hydrogens is 226 g/mol. The van der Waals surface area contributed by atoms with Gasteiger partial charge in [0, 0.05) is 18.8 Å². The first-order valence-corrected chi connectivity index (χ1v) is 6.75. The van der Waals surface area contributed by atoms with Gasteiger partial charge in [0.1, 0.15) is 12.4 Å². The number of ketones is 1. The number of piperidine rings is 3. The molecule has 1 aromatic carbocycles. The van der Waals surface area contributed by atoms with E-state index in [2.05, 4.69) is 7.05 Å². The van der Waals surface area contributed by atoms with Gasteiger partial charge in [-0.2, -0.15) is 0 Å². The van der Waals surface area contributed by atoms with Crippen LogP contribution < -0.4 is 4.74 Å². The van der Waals surface area contributed by atoms with Gasteiger partial charge in [0.2, 0.25) is 0 Å². The molecule has 18 heavy (non-hydrogen) atoms. The molecular formula is C15H20NO2+. The Balaban J connectivity index is 1.70. The molecule has 0 N–H and O–H groups in total. The molecule has 3 fully saturated rings. The number of para-hydroxylation sites is 1. The van der Waals surface area contributed by atoms with Gasteiger partial charge in [-0.05, 0) is 12.1 Å². The Morgan fingerprint density at radius 3 is 2.50 bits per heavy atom. The topological polar surface area (TPSA) is 26.3 Å². The van der Waals surface area contributed by atoms with E-state index in [4.69, 9.17) is 4.74 Å². The van der Waals surface area contributed by atoms with Gasteiger partial charge in [0.15, 0.2) is 11.8 Å². The van der Waals surface area contributed by atoms with Crippen LogP contribution >= 0.6 is 0 Å². The minimum atomic E-state index is 0.0395. The highest BCUT2D eigenvalue weighted by Gasteiger charge is 2.51. The zero-order valence-corrected chi connectivity index (χ0v) is 10.8. The summed E-state index contributed by atoms with van der Waals surface area (Å²) >= 11 is 0. The summed E-state index contributed by atoms with van der Waals surface area (Å²) in [5.74, 6) is 1.58. The second kappa shape index (κ2) is 4.39. The zero-order chi connectivity index (χ0) is 12.6. The Morgan fingerprint density at radius 2 is 1.89 bits per heavy atom. The van der Waals surface area contributed by atoms with Gasteiger partial charge in [-0.3, -0.25) is 4.79 Å². The van der Waals surface area contributed by atoms with Gasteiger partial charge < -0.3 is 9.22 Å². The fourth-order valence-electron chi connectivity index (χ4n) is 3.29. The Kier molecular flexibility index (Phi) is 2.86. The Bertz CT molecular complexity index is 435. The number of carbonyl (C=O) groups is 1. The molecule has 1 atom stereocenters. The third-order valence-electron chi connectivity index (χ3n) is 4.61. The lowest BCUT2D eigenvalue weighted by Crippen LogP contribution is -2.68. The number of fused-ring (bicyclic) bond motifs is 3. The van der Waals surface area contributed by atoms with Crippen molar-refractivity contribution in [3.63, 3.8) is 0 Å². The lowest BCUT2D eigenvalue weighted by molar-refractivity contribution is -0.935. The largest absolute Gasteiger partial charge is 0.487 e. The molecule has 3 nitrogen and oxygen atoms in total. The van der Waals surface area contributed by atoms with Crippen LogP contribution in [-0.2, 0) is 4.79 Å². The lowest BCUT2D eigenvalue weighted by Gasteiger charge is -2.50. The molecule has 0 saturated carbocycles. The SMILES string of the molecule is C[N+]12CCC(CC1)C(=O)[C@H]2COc1ccccc1. The highest BCUT2D eigenvalue weighted by Crippen LogP contribution is 2.34. The highest BCUT2D eigenvalue weighted by molar-refractivity contribution is 5.86. The normalized spacial score (nSPS) is 34.6. The molecule has 3 aliphatic rings. The van der Waals surface area contributed by atoms with Crippen LogP contribution in [0.3, 0.4) is 0 Å². The maximum absolute atomic E-state index is 12.3. The summed E-state index contributed by atoms with van der Waals surface area (Å²) in [6, 6.07) is 9.82. The van der Waals surface area contributed by atoms with Crippen LogP contribution in [0.2, 0.25) is 0 Å². The van der Waals surface area contributed by atoms with E-state index in [1.165, 1.54) is 0 Å². The summed E-state index contributed by atoms with van der Waals surface area (Å²) < 4.78 is 6.67. The first kappa shape index (κ1) is 11.7. The van der Waals surface area contributed by atoms with Crippen LogP contribution in [0.1, 0.15) is 12.8 Å². The Labute approximate surface area is 108 Å². The Morgan fingerprint density at radius 1 is 1.22 bits per heavy atom. The van der Waals surface area contributed by atoms with Crippen LogP contribution in [0.25, 0.3) is 0 Å². The maximum atomic E-state index is 12.3. The number of Topliss-reactive ketones (excluding diaryl/α,β-unsaturated/α-hetero) is 1. The van der Waals surface area contributed by atoms with Crippen LogP contribution in [0, 0.1) is 5.92 Å². The number of benzene rings is 1. The molecule has 0 amide bonds. The fourth-order valence-corrected chi connectivity index (χ4v) is 3.29. The molecule has 96 valence electrons. The van der Waals surface area contributed by atoms with Gasteiger partial charge in [0.25, 0.3) is 0 Å². The minimum absolute atomic E-state index is 0.0395. The van der Waals surface area contributed by atoms with Crippen LogP contribution in [-0.4, -0.2) is 43.1 Å². The van der Waals surface area contributed by atoms with Crippen LogP contribution in [0.4, 0.5) is 0 Å². The van der Waals surface area contributed by atoms with Crippen molar-refractivity contribution in [1.82, 2.24) is 0 Å². The fraction of sp³-hybridized carbons (Fsp3) is 0.533. The molecule has 0 aliphatic carbocycles. The predicted molar refractivity (Wildman–Crippen MR) is 69.4 cm³/mol. The highest BCUT2D eigenvalue weighted by atomic mass is 16.5. The second-order valence-corrected chi connectivity index (χ2v) is 5.74. The molecule has 2 bridgehead atoms. The molecule has 0 spiro atoms. The standard InChI is InChI=1S/C15H20NO2/c1-16-9-7-12(8-10-16)15(17)14(16)11-18-13-5-3-2-4-6-13/h2-6,12,14H,7-11H2,1H3/q+1/t12?,14-,16?/m1/s1. The molecule has 3 heterocycles. The van der Waals surface area contributed by atoms with Gasteiger partial charge >= 0.3 is 0 Å². The Hall–Kier alpha value is -1.35. The second-order valence-electron chi connectivity index (χ2n) is 5.74. The van der Waals surface area contributed by atoms with E-state index >= 15 is 0 Å². The number of quaternary nitrogens is 1. The average molecular weight is 246 g/mol. The van der Waals surface area contributed by atoms with Gasteiger partial charge in [-0.25, -0.2) is 0 Å². The molecule has 4 rings (SSSR count). The van der Waals surface area contributed by atoms with E-state index < -0.39 is 0 Å². The predicted octanol–water partition coefficient (Wildman–Crippen LogP) is 1.87. The number of rotatable bonds is 3. The smallest absolute Gasteiger partial charge is 0.197 e. The van der Waals surface area contributed by atoms with Crippen molar-refractivity contribution < 1.29 is 14.0 Å². The number of nitrogens with zero attached hydrogens (tertiary/aromatic N) is 1. The third kappa shape index (κ3) is 1.93. The van der Waals surface area contributed by atoms with Crippen LogP contribution in [0.5, 0.6) is 5.75 Å². The maximum Gasteiger partial charge on any atom is 0.197 e. The van der Waals surface area contributed by atoms with Crippen molar-refractivity contribution in [2.24, 2.45) is 5.92 Å². The van der Waals surface area contributed by atoms with E-state index in [0.717, 1.165) is 36.2 Å². The van der Waals surface area contributed by atoms with Crippen molar-refractivity contribution in [1.29, 1.82) is 0 Å². The van der Waals surface area contributed by atoms with Gasteiger partial charge in [0.05, 0.1) is 20.1 Å². The summed E-state index contributed by atoms with van der Waals surface area (Å²) in [7, 11) is 2.20. The van der Waals surface area contributed by atoms with Gasteiger partial charge in [-0.1, -0.05) is 18.2 Å². The molecule has 3 saturated heterocycles. The zero-order valence-electron chi connectivity index (χ0n) is 10.8. The molecule has 3 aliphatic heterocycles. The van der Waals surface area contributed by atoms with Gasteiger partial charge in [-0.15, -0.1) is 0 Å². The number of carbonyl (C=O) groups excluding carboxylic acids is 1. The minimum Gasteiger partial charge on any atom is -0.487 e. The van der Waals surface area contributed by atoms with Crippen molar-refractivity contribution >= 4 is 5.78 Å². The van der Waals surface area contributed by atoms with Crippen molar-refractivity contribution in [3.05, 3.63) is 30.3 Å². The van der Waals surface area contributed by atoms with Crippen molar-refractivity contribution in [2.75, 3.05) is 26.7 Å². The molecule has 0 radical (unpaired) electrons. The number of likely N-dealkylation sites (N-methyl/N-ethyl adjacent to an activating group) is 1. The van der Waals surface area contributed by atoms with E-state index in [1.54, 1.807) is 0 Å². The van der Waals surface area contributed by atoms with E-state index in [1.807, 2.05) is 30.3 Å². The monoisotopic (exact) mass is 246 g/mol. The average Bonchev–Trinajstić information content (AvgIpc) is 2.39. The first-order valence-electron chi connectivity index (χ1n) is 6.75. The first-order chi connectivity index (χ1) is 8.69. The number of hydrogen-bond donors (Lipinski definition) is 0. The van der Waals surface area contributed by atoms with E-state index in [9.17, 15) is 4.79 Å². The van der Waals surface area contributed by atoms with Crippen LogP contribution in [0.15, 0.2) is 30.3 Å². The van der Waals surface area contributed by atoms with Crippen molar-refractivity contribution in [3.8, 4) is 5.75 Å². The van der Waals surface area contributed by atoms with E-state index in [-0.39, 0.29) is 6.04 Å². The van der Waals surface area contributed by atoms with E-state index in [0.29, 0.717) is 18.3 Å². The molecule has 3 heteroatoms. The molecule has 1 aromatic rings. The third-order valence-corrected chi connectivity index (χ3v) is 4.61.